The first kappa shape index (κ1) is 13.2. The molecule has 0 aliphatic carbocycles. The SMILES string of the molecule is CC(C)CN(C)C(=O)c1ccc(F)c(Br)c1. The van der Waals surface area contributed by atoms with Gasteiger partial charge in [0.25, 0.3) is 5.91 Å². The van der Waals surface area contributed by atoms with Crippen LogP contribution >= 0.6 is 15.9 Å². The molecule has 0 spiro atoms. The Hall–Kier alpha value is -0.900. The number of carbonyl (C=O) groups excluding carboxylic acids is 1. The molecule has 2 nitrogen and oxygen atoms in total. The first-order chi connectivity index (χ1) is 7.41. The Morgan fingerprint density at radius 3 is 2.62 bits per heavy atom. The van der Waals surface area contributed by atoms with Gasteiger partial charge in [0.1, 0.15) is 5.82 Å². The molecule has 0 bridgehead atoms. The van der Waals surface area contributed by atoms with Gasteiger partial charge in [-0.15, -0.1) is 0 Å². The van der Waals surface area contributed by atoms with E-state index in [4.69, 9.17) is 0 Å². The van der Waals surface area contributed by atoms with Crippen molar-refractivity contribution in [2.24, 2.45) is 5.92 Å². The molecule has 0 saturated heterocycles. The molecule has 0 unspecified atom stereocenters. The van der Waals surface area contributed by atoms with Gasteiger partial charge in [-0.25, -0.2) is 4.39 Å². The van der Waals surface area contributed by atoms with Crippen molar-refractivity contribution in [3.8, 4) is 0 Å². The van der Waals surface area contributed by atoms with E-state index in [1.807, 2.05) is 13.8 Å². The Morgan fingerprint density at radius 1 is 1.50 bits per heavy atom. The molecule has 0 aliphatic heterocycles. The third-order valence-electron chi connectivity index (χ3n) is 2.15. The zero-order chi connectivity index (χ0) is 12.3. The largest absolute Gasteiger partial charge is 0.341 e. The van der Waals surface area contributed by atoms with Crippen molar-refractivity contribution in [3.05, 3.63) is 34.1 Å². The highest BCUT2D eigenvalue weighted by Crippen LogP contribution is 2.18. The molecule has 4 heteroatoms. The van der Waals surface area contributed by atoms with Crippen LogP contribution < -0.4 is 0 Å². The molecule has 16 heavy (non-hydrogen) atoms. The van der Waals surface area contributed by atoms with E-state index in [0.29, 0.717) is 22.5 Å². The van der Waals surface area contributed by atoms with Crippen LogP contribution in [0.1, 0.15) is 24.2 Å². The molecule has 0 atom stereocenters. The summed E-state index contributed by atoms with van der Waals surface area (Å²) in [5, 5.41) is 0. The molecule has 88 valence electrons. The highest BCUT2D eigenvalue weighted by Gasteiger charge is 2.13. The summed E-state index contributed by atoms with van der Waals surface area (Å²) in [7, 11) is 1.75. The van der Waals surface area contributed by atoms with Crippen LogP contribution in [-0.4, -0.2) is 24.4 Å². The summed E-state index contributed by atoms with van der Waals surface area (Å²) in [6, 6.07) is 4.30. The van der Waals surface area contributed by atoms with E-state index in [0.717, 1.165) is 0 Å². The Bertz CT molecular complexity index is 393. The minimum atomic E-state index is -0.358. The van der Waals surface area contributed by atoms with Crippen molar-refractivity contribution in [1.29, 1.82) is 0 Å². The fourth-order valence-electron chi connectivity index (χ4n) is 1.48. The summed E-state index contributed by atoms with van der Waals surface area (Å²) in [5.74, 6) is -0.0321. The van der Waals surface area contributed by atoms with Crippen LogP contribution in [-0.2, 0) is 0 Å². The lowest BCUT2D eigenvalue weighted by Crippen LogP contribution is -2.30. The van der Waals surface area contributed by atoms with Gasteiger partial charge in [0, 0.05) is 19.2 Å². The topological polar surface area (TPSA) is 20.3 Å². The maximum absolute atomic E-state index is 13.0. The van der Waals surface area contributed by atoms with Gasteiger partial charge in [0.05, 0.1) is 4.47 Å². The molecule has 0 aliphatic rings. The van der Waals surface area contributed by atoms with E-state index in [1.165, 1.54) is 18.2 Å². The third kappa shape index (κ3) is 3.30. The number of hydrogen-bond donors (Lipinski definition) is 0. The molecule has 1 aromatic rings. The Balaban J connectivity index is 2.84. The minimum Gasteiger partial charge on any atom is -0.341 e. The minimum absolute atomic E-state index is 0.0885. The van der Waals surface area contributed by atoms with E-state index in [-0.39, 0.29) is 11.7 Å². The van der Waals surface area contributed by atoms with Gasteiger partial charge in [0.15, 0.2) is 0 Å². The van der Waals surface area contributed by atoms with E-state index in [9.17, 15) is 9.18 Å². The first-order valence-electron chi connectivity index (χ1n) is 5.12. The predicted molar refractivity (Wildman–Crippen MR) is 65.9 cm³/mol. The molecule has 0 fully saturated rings. The van der Waals surface area contributed by atoms with Gasteiger partial charge in [-0.2, -0.15) is 0 Å². The molecule has 1 aromatic carbocycles. The third-order valence-corrected chi connectivity index (χ3v) is 2.76. The molecule has 1 amide bonds. The standard InChI is InChI=1S/C12H15BrFNO/c1-8(2)7-15(3)12(16)9-4-5-11(14)10(13)6-9/h4-6,8H,7H2,1-3H3. The van der Waals surface area contributed by atoms with E-state index in [1.54, 1.807) is 11.9 Å². The van der Waals surface area contributed by atoms with Crippen LogP contribution in [0, 0.1) is 11.7 Å². The molecule has 0 heterocycles. The maximum Gasteiger partial charge on any atom is 0.253 e. The molecule has 0 radical (unpaired) electrons. The van der Waals surface area contributed by atoms with Crippen molar-refractivity contribution >= 4 is 21.8 Å². The lowest BCUT2D eigenvalue weighted by Gasteiger charge is -2.19. The van der Waals surface area contributed by atoms with Crippen molar-refractivity contribution < 1.29 is 9.18 Å². The number of rotatable bonds is 3. The summed E-state index contributed by atoms with van der Waals surface area (Å²) in [6.07, 6.45) is 0. The van der Waals surface area contributed by atoms with Crippen LogP contribution in [0.5, 0.6) is 0 Å². The average molecular weight is 288 g/mol. The lowest BCUT2D eigenvalue weighted by molar-refractivity contribution is 0.0779. The Kier molecular flexibility index (Phi) is 4.47. The summed E-state index contributed by atoms with van der Waals surface area (Å²) in [6.45, 7) is 4.78. The van der Waals surface area contributed by atoms with Crippen LogP contribution in [0.15, 0.2) is 22.7 Å². The Labute approximate surface area is 104 Å². The van der Waals surface area contributed by atoms with Gasteiger partial charge in [-0.05, 0) is 40.0 Å². The molecule has 0 saturated carbocycles. The fourth-order valence-corrected chi connectivity index (χ4v) is 1.86. The second-order valence-corrected chi connectivity index (χ2v) is 5.06. The summed E-state index contributed by atoms with van der Waals surface area (Å²) < 4.78 is 13.3. The molecule has 0 aromatic heterocycles. The first-order valence-corrected chi connectivity index (χ1v) is 5.91. The van der Waals surface area contributed by atoms with Gasteiger partial charge in [-0.3, -0.25) is 4.79 Å². The number of benzene rings is 1. The maximum atomic E-state index is 13.0. The number of hydrogen-bond acceptors (Lipinski definition) is 1. The summed E-state index contributed by atoms with van der Waals surface area (Å²) in [4.78, 5) is 13.6. The van der Waals surface area contributed by atoms with Gasteiger partial charge < -0.3 is 4.90 Å². The van der Waals surface area contributed by atoms with E-state index >= 15 is 0 Å². The quantitative estimate of drug-likeness (QED) is 0.835. The van der Waals surface area contributed by atoms with Crippen LogP contribution in [0.4, 0.5) is 4.39 Å². The zero-order valence-electron chi connectivity index (χ0n) is 9.63. The number of carbonyl (C=O) groups is 1. The highest BCUT2D eigenvalue weighted by molar-refractivity contribution is 9.10. The van der Waals surface area contributed by atoms with E-state index in [2.05, 4.69) is 15.9 Å². The predicted octanol–water partition coefficient (Wildman–Crippen LogP) is 3.32. The lowest BCUT2D eigenvalue weighted by atomic mass is 10.1. The van der Waals surface area contributed by atoms with Crippen molar-refractivity contribution in [2.75, 3.05) is 13.6 Å². The highest BCUT2D eigenvalue weighted by atomic mass is 79.9. The second kappa shape index (κ2) is 5.43. The van der Waals surface area contributed by atoms with Gasteiger partial charge >= 0.3 is 0 Å². The number of amides is 1. The van der Waals surface area contributed by atoms with Crippen molar-refractivity contribution in [1.82, 2.24) is 4.90 Å². The summed E-state index contributed by atoms with van der Waals surface area (Å²) >= 11 is 3.07. The molecule has 0 N–H and O–H groups in total. The smallest absolute Gasteiger partial charge is 0.253 e. The fraction of sp³-hybridized carbons (Fsp3) is 0.417. The monoisotopic (exact) mass is 287 g/mol. The van der Waals surface area contributed by atoms with Crippen LogP contribution in [0.25, 0.3) is 0 Å². The zero-order valence-corrected chi connectivity index (χ0v) is 11.2. The summed E-state index contributed by atoms with van der Waals surface area (Å²) in [5.41, 5.74) is 0.497. The normalized spacial score (nSPS) is 10.6. The van der Waals surface area contributed by atoms with Gasteiger partial charge in [-0.1, -0.05) is 13.8 Å². The van der Waals surface area contributed by atoms with Gasteiger partial charge in [0.2, 0.25) is 0 Å². The molecular weight excluding hydrogens is 273 g/mol. The molecular formula is C12H15BrFNO. The molecule has 1 rings (SSSR count). The van der Waals surface area contributed by atoms with Crippen LogP contribution in [0.2, 0.25) is 0 Å². The Morgan fingerprint density at radius 2 is 2.12 bits per heavy atom. The number of halogens is 2. The average Bonchev–Trinajstić information content (AvgIpc) is 2.20. The van der Waals surface area contributed by atoms with Crippen molar-refractivity contribution in [2.45, 2.75) is 13.8 Å². The number of nitrogens with zero attached hydrogens (tertiary/aromatic N) is 1. The van der Waals surface area contributed by atoms with E-state index < -0.39 is 0 Å². The second-order valence-electron chi connectivity index (χ2n) is 4.21. The van der Waals surface area contributed by atoms with Crippen LogP contribution in [0.3, 0.4) is 0 Å². The van der Waals surface area contributed by atoms with Crippen molar-refractivity contribution in [3.63, 3.8) is 0 Å².